The lowest BCUT2D eigenvalue weighted by atomic mass is 10.0. The molecule has 7 nitrogen and oxygen atoms in total. The van der Waals surface area contributed by atoms with Crippen molar-refractivity contribution in [2.24, 2.45) is 7.05 Å². The van der Waals surface area contributed by atoms with E-state index in [9.17, 15) is 8.42 Å². The third-order valence-electron chi connectivity index (χ3n) is 4.02. The number of pyridine rings is 1. The van der Waals surface area contributed by atoms with Crippen LogP contribution in [-0.4, -0.2) is 30.3 Å². The van der Waals surface area contributed by atoms with Crippen LogP contribution >= 0.6 is 0 Å². The minimum atomic E-state index is -3.72. The Labute approximate surface area is 152 Å². The third-order valence-corrected chi connectivity index (χ3v) is 5.49. The van der Waals surface area contributed by atoms with Crippen molar-refractivity contribution < 1.29 is 13.2 Å². The van der Waals surface area contributed by atoms with Gasteiger partial charge in [-0.2, -0.15) is 5.10 Å². The fourth-order valence-electron chi connectivity index (χ4n) is 2.62. The van der Waals surface area contributed by atoms with Crippen LogP contribution in [0.5, 0.6) is 5.88 Å². The first kappa shape index (κ1) is 17.9. The molecule has 0 spiro atoms. The second kappa shape index (κ2) is 6.80. The van der Waals surface area contributed by atoms with Gasteiger partial charge in [-0.1, -0.05) is 12.1 Å². The predicted octanol–water partition coefficient (Wildman–Crippen LogP) is 2.91. The van der Waals surface area contributed by atoms with Gasteiger partial charge < -0.3 is 4.74 Å². The second-order valence-electron chi connectivity index (χ2n) is 5.98. The molecule has 0 bridgehead atoms. The van der Waals surface area contributed by atoms with Crippen LogP contribution in [0.25, 0.3) is 11.1 Å². The van der Waals surface area contributed by atoms with Crippen molar-refractivity contribution in [2.45, 2.75) is 18.7 Å². The van der Waals surface area contributed by atoms with E-state index >= 15 is 0 Å². The van der Waals surface area contributed by atoms with Crippen molar-refractivity contribution in [3.63, 3.8) is 0 Å². The van der Waals surface area contributed by atoms with Gasteiger partial charge in [-0.25, -0.2) is 13.4 Å². The summed E-state index contributed by atoms with van der Waals surface area (Å²) in [6.45, 7) is 3.52. The Morgan fingerprint density at radius 2 is 1.85 bits per heavy atom. The van der Waals surface area contributed by atoms with E-state index < -0.39 is 10.0 Å². The quantitative estimate of drug-likeness (QED) is 0.744. The molecule has 136 valence electrons. The average molecular weight is 372 g/mol. The summed E-state index contributed by atoms with van der Waals surface area (Å²) in [5.74, 6) is 0.522. The van der Waals surface area contributed by atoms with Gasteiger partial charge in [-0.15, -0.1) is 0 Å². The Morgan fingerprint density at radius 1 is 1.12 bits per heavy atom. The number of aryl methyl sites for hydroxylation is 3. The van der Waals surface area contributed by atoms with Crippen molar-refractivity contribution in [1.29, 1.82) is 0 Å². The molecule has 0 aliphatic heterocycles. The lowest BCUT2D eigenvalue weighted by Gasteiger charge is -2.12. The van der Waals surface area contributed by atoms with E-state index in [1.165, 1.54) is 10.9 Å². The van der Waals surface area contributed by atoms with Crippen LogP contribution in [0.2, 0.25) is 0 Å². The average Bonchev–Trinajstić information content (AvgIpc) is 2.96. The molecule has 3 aromatic rings. The highest BCUT2D eigenvalue weighted by Crippen LogP contribution is 2.28. The molecular formula is C18H20N4O3S. The van der Waals surface area contributed by atoms with Crippen LogP contribution < -0.4 is 9.46 Å². The van der Waals surface area contributed by atoms with Gasteiger partial charge >= 0.3 is 0 Å². The Morgan fingerprint density at radius 3 is 2.42 bits per heavy atom. The first-order valence-corrected chi connectivity index (χ1v) is 9.42. The Kier molecular flexibility index (Phi) is 4.69. The van der Waals surface area contributed by atoms with Gasteiger partial charge in [0.1, 0.15) is 4.90 Å². The summed E-state index contributed by atoms with van der Waals surface area (Å²) < 4.78 is 34.7. The van der Waals surface area contributed by atoms with Crippen molar-refractivity contribution in [2.75, 3.05) is 11.8 Å². The molecule has 0 fully saturated rings. The van der Waals surface area contributed by atoms with Crippen molar-refractivity contribution in [1.82, 2.24) is 14.8 Å². The Bertz CT molecular complexity index is 1040. The van der Waals surface area contributed by atoms with Crippen LogP contribution in [0.4, 0.5) is 5.69 Å². The molecule has 3 rings (SSSR count). The minimum Gasteiger partial charge on any atom is -0.481 e. The number of hydrogen-bond donors (Lipinski definition) is 1. The SMILES string of the molecule is COc1ccc(-c2ccc(C)c(NS(=O)(=O)c3cn(C)nc3C)c2)cn1. The van der Waals surface area contributed by atoms with Crippen molar-refractivity contribution in [3.8, 4) is 17.0 Å². The highest BCUT2D eigenvalue weighted by atomic mass is 32.2. The van der Waals surface area contributed by atoms with Crippen LogP contribution in [0.1, 0.15) is 11.3 Å². The summed E-state index contributed by atoms with van der Waals surface area (Å²) in [5, 5.41) is 4.10. The van der Waals surface area contributed by atoms with Gasteiger partial charge in [0.15, 0.2) is 0 Å². The van der Waals surface area contributed by atoms with E-state index in [0.717, 1.165) is 16.7 Å². The van der Waals surface area contributed by atoms with E-state index in [4.69, 9.17) is 4.74 Å². The second-order valence-corrected chi connectivity index (χ2v) is 7.63. The third kappa shape index (κ3) is 3.55. The van der Waals surface area contributed by atoms with Crippen molar-refractivity contribution >= 4 is 15.7 Å². The number of rotatable bonds is 5. The fraction of sp³-hybridized carbons (Fsp3) is 0.222. The summed E-state index contributed by atoms with van der Waals surface area (Å²) >= 11 is 0. The molecule has 0 saturated carbocycles. The van der Waals surface area contributed by atoms with Crippen molar-refractivity contribution in [3.05, 3.63) is 54.0 Å². The number of sulfonamides is 1. The maximum absolute atomic E-state index is 12.7. The molecule has 1 aromatic carbocycles. The van der Waals surface area contributed by atoms with E-state index in [2.05, 4.69) is 14.8 Å². The molecule has 2 heterocycles. The standard InChI is InChI=1S/C18H20N4O3S/c1-12-5-6-14(15-7-8-18(25-4)19-10-15)9-16(12)21-26(23,24)17-11-22(3)20-13(17)2/h5-11,21H,1-4H3. The predicted molar refractivity (Wildman–Crippen MR) is 99.7 cm³/mol. The van der Waals surface area contributed by atoms with Crippen LogP contribution in [-0.2, 0) is 17.1 Å². The van der Waals surface area contributed by atoms with Gasteiger partial charge in [0, 0.05) is 31.1 Å². The normalized spacial score (nSPS) is 11.4. The number of hydrogen-bond acceptors (Lipinski definition) is 5. The summed E-state index contributed by atoms with van der Waals surface area (Å²) in [5.41, 5.74) is 3.50. The van der Waals surface area contributed by atoms with Gasteiger partial charge in [0.25, 0.3) is 10.0 Å². The summed E-state index contributed by atoms with van der Waals surface area (Å²) in [7, 11) is -0.478. The Hall–Kier alpha value is -2.87. The lowest BCUT2D eigenvalue weighted by Crippen LogP contribution is -2.14. The van der Waals surface area contributed by atoms with E-state index in [0.29, 0.717) is 17.3 Å². The first-order chi connectivity index (χ1) is 12.3. The smallest absolute Gasteiger partial charge is 0.265 e. The van der Waals surface area contributed by atoms with Crippen LogP contribution in [0, 0.1) is 13.8 Å². The first-order valence-electron chi connectivity index (χ1n) is 7.94. The van der Waals surface area contributed by atoms with E-state index in [1.807, 2.05) is 25.1 Å². The highest BCUT2D eigenvalue weighted by molar-refractivity contribution is 7.92. The van der Waals surface area contributed by atoms with E-state index in [-0.39, 0.29) is 4.90 Å². The molecule has 0 aliphatic rings. The molecule has 2 aromatic heterocycles. The number of benzene rings is 1. The minimum absolute atomic E-state index is 0.163. The number of aromatic nitrogens is 3. The molecule has 26 heavy (non-hydrogen) atoms. The molecule has 0 amide bonds. The maximum atomic E-state index is 12.7. The summed E-state index contributed by atoms with van der Waals surface area (Å²) in [6, 6.07) is 9.22. The van der Waals surface area contributed by atoms with Crippen LogP contribution in [0.15, 0.2) is 47.6 Å². The zero-order chi connectivity index (χ0) is 18.9. The van der Waals surface area contributed by atoms with E-state index in [1.54, 1.807) is 39.4 Å². The fourth-order valence-corrected chi connectivity index (χ4v) is 3.97. The lowest BCUT2D eigenvalue weighted by molar-refractivity contribution is 0.398. The molecule has 1 N–H and O–H groups in total. The monoisotopic (exact) mass is 372 g/mol. The molecular weight excluding hydrogens is 352 g/mol. The molecule has 0 unspecified atom stereocenters. The summed E-state index contributed by atoms with van der Waals surface area (Å²) in [6.07, 6.45) is 3.18. The number of anilines is 1. The van der Waals surface area contributed by atoms with Gasteiger partial charge in [-0.05, 0) is 37.1 Å². The molecule has 0 atom stereocenters. The number of ether oxygens (including phenoxy) is 1. The molecule has 0 radical (unpaired) electrons. The largest absolute Gasteiger partial charge is 0.481 e. The topological polar surface area (TPSA) is 86.1 Å². The van der Waals surface area contributed by atoms with Gasteiger partial charge in [0.05, 0.1) is 18.5 Å². The number of nitrogens with zero attached hydrogens (tertiary/aromatic N) is 3. The van der Waals surface area contributed by atoms with Gasteiger partial charge in [0.2, 0.25) is 5.88 Å². The van der Waals surface area contributed by atoms with Gasteiger partial charge in [-0.3, -0.25) is 9.40 Å². The van der Waals surface area contributed by atoms with Crippen LogP contribution in [0.3, 0.4) is 0 Å². The molecule has 8 heteroatoms. The maximum Gasteiger partial charge on any atom is 0.265 e. The molecule has 0 saturated heterocycles. The summed E-state index contributed by atoms with van der Waals surface area (Å²) in [4.78, 5) is 4.35. The highest BCUT2D eigenvalue weighted by Gasteiger charge is 2.21. The number of nitrogens with one attached hydrogen (secondary N) is 1. The zero-order valence-electron chi connectivity index (χ0n) is 15.0. The number of methoxy groups -OCH3 is 1. The Balaban J connectivity index is 1.96. The molecule has 0 aliphatic carbocycles. The zero-order valence-corrected chi connectivity index (χ0v) is 15.8.